The average Bonchev–Trinajstić information content (AvgIpc) is 2.31. The molecular formula is C14H29N3O. The van der Waals surface area contributed by atoms with Crippen LogP contribution in [-0.2, 0) is 4.74 Å². The first-order valence-electron chi connectivity index (χ1n) is 7.05. The Morgan fingerprint density at radius 2 is 1.94 bits per heavy atom. The van der Waals surface area contributed by atoms with Crippen LogP contribution in [0.5, 0.6) is 0 Å². The Hall–Kier alpha value is -0.770. The minimum Gasteiger partial charge on any atom is -0.380 e. The molecule has 0 radical (unpaired) electrons. The Morgan fingerprint density at radius 3 is 2.33 bits per heavy atom. The average molecular weight is 255 g/mol. The summed E-state index contributed by atoms with van der Waals surface area (Å²) in [6, 6.07) is 0.587. The van der Waals surface area contributed by atoms with Gasteiger partial charge in [0.2, 0.25) is 0 Å². The molecule has 1 aliphatic rings. The van der Waals surface area contributed by atoms with Gasteiger partial charge < -0.3 is 15.8 Å². The second-order valence-corrected chi connectivity index (χ2v) is 5.71. The Bertz CT molecular complexity index is 297. The fraction of sp³-hybridized carbons (Fsp3) is 0.929. The Morgan fingerprint density at radius 1 is 1.39 bits per heavy atom. The first-order chi connectivity index (χ1) is 8.42. The first-order valence-corrected chi connectivity index (χ1v) is 7.05. The van der Waals surface area contributed by atoms with Crippen LogP contribution >= 0.6 is 0 Å². The van der Waals surface area contributed by atoms with E-state index in [2.05, 4.69) is 39.9 Å². The molecule has 4 nitrogen and oxygen atoms in total. The SMILES string of the molecule is CCC1(CC)C(N=C(N)NC(C)C)C(C)C1OC. The maximum atomic E-state index is 5.96. The van der Waals surface area contributed by atoms with Crippen molar-refractivity contribution in [2.75, 3.05) is 7.11 Å². The van der Waals surface area contributed by atoms with Gasteiger partial charge in [0.05, 0.1) is 12.1 Å². The van der Waals surface area contributed by atoms with E-state index >= 15 is 0 Å². The van der Waals surface area contributed by atoms with E-state index in [1.807, 2.05) is 0 Å². The van der Waals surface area contributed by atoms with Crippen LogP contribution < -0.4 is 11.1 Å². The topological polar surface area (TPSA) is 59.6 Å². The van der Waals surface area contributed by atoms with Gasteiger partial charge in [-0.3, -0.25) is 0 Å². The molecule has 1 rings (SSSR count). The lowest BCUT2D eigenvalue weighted by Crippen LogP contribution is -2.63. The lowest BCUT2D eigenvalue weighted by molar-refractivity contribution is -0.156. The van der Waals surface area contributed by atoms with E-state index in [4.69, 9.17) is 15.5 Å². The molecule has 18 heavy (non-hydrogen) atoms. The zero-order valence-corrected chi connectivity index (χ0v) is 12.7. The molecule has 106 valence electrons. The number of nitrogens with two attached hydrogens (primary N) is 1. The summed E-state index contributed by atoms with van der Waals surface area (Å²) in [6.07, 6.45) is 2.46. The van der Waals surface area contributed by atoms with E-state index in [0.29, 0.717) is 24.0 Å². The second kappa shape index (κ2) is 5.91. The molecule has 0 aromatic rings. The zero-order chi connectivity index (χ0) is 13.9. The van der Waals surface area contributed by atoms with E-state index in [1.165, 1.54) is 0 Å². The Balaban J connectivity index is 2.87. The molecular weight excluding hydrogens is 226 g/mol. The molecule has 3 N–H and O–H groups in total. The van der Waals surface area contributed by atoms with Crippen molar-refractivity contribution >= 4 is 5.96 Å². The molecule has 1 saturated carbocycles. The van der Waals surface area contributed by atoms with Gasteiger partial charge in [-0.25, -0.2) is 4.99 Å². The van der Waals surface area contributed by atoms with Crippen LogP contribution in [0.3, 0.4) is 0 Å². The van der Waals surface area contributed by atoms with Gasteiger partial charge in [0.15, 0.2) is 5.96 Å². The number of aliphatic imine (C=N–C) groups is 1. The van der Waals surface area contributed by atoms with Gasteiger partial charge >= 0.3 is 0 Å². The van der Waals surface area contributed by atoms with E-state index in [-0.39, 0.29) is 11.5 Å². The molecule has 3 atom stereocenters. The van der Waals surface area contributed by atoms with Crippen LogP contribution in [0, 0.1) is 11.3 Å². The van der Waals surface area contributed by atoms with E-state index in [0.717, 1.165) is 12.8 Å². The number of hydrogen-bond acceptors (Lipinski definition) is 2. The number of ether oxygens (including phenoxy) is 1. The first kappa shape index (κ1) is 15.3. The third-order valence-corrected chi connectivity index (χ3v) is 4.42. The smallest absolute Gasteiger partial charge is 0.189 e. The van der Waals surface area contributed by atoms with Gasteiger partial charge in [-0.1, -0.05) is 20.8 Å². The molecule has 1 aliphatic carbocycles. The number of nitrogens with one attached hydrogen (secondary N) is 1. The van der Waals surface area contributed by atoms with Crippen LogP contribution in [0.2, 0.25) is 0 Å². The number of nitrogens with zero attached hydrogens (tertiary/aromatic N) is 1. The van der Waals surface area contributed by atoms with Crippen molar-refractivity contribution in [1.29, 1.82) is 0 Å². The molecule has 0 amide bonds. The van der Waals surface area contributed by atoms with Crippen LogP contribution in [0.15, 0.2) is 4.99 Å². The van der Waals surface area contributed by atoms with E-state index in [1.54, 1.807) is 7.11 Å². The number of methoxy groups -OCH3 is 1. The number of hydrogen-bond donors (Lipinski definition) is 2. The molecule has 0 aromatic heterocycles. The number of rotatable bonds is 5. The van der Waals surface area contributed by atoms with Gasteiger partial charge in [0.1, 0.15) is 0 Å². The van der Waals surface area contributed by atoms with Crippen molar-refractivity contribution < 1.29 is 4.74 Å². The third-order valence-electron chi connectivity index (χ3n) is 4.42. The standard InChI is InChI=1S/C14H29N3O/c1-7-14(8-2)11(10(5)12(14)18-6)17-13(15)16-9(3)4/h9-12H,7-8H2,1-6H3,(H3,15,16,17). The van der Waals surface area contributed by atoms with E-state index < -0.39 is 0 Å². The van der Waals surface area contributed by atoms with Crippen molar-refractivity contribution in [2.24, 2.45) is 22.1 Å². The summed E-state index contributed by atoms with van der Waals surface area (Å²) < 4.78 is 5.66. The third kappa shape index (κ3) is 2.48. The summed E-state index contributed by atoms with van der Waals surface area (Å²) in [6.45, 7) is 10.8. The van der Waals surface area contributed by atoms with Crippen molar-refractivity contribution in [2.45, 2.75) is 65.6 Å². The molecule has 4 heteroatoms. The highest BCUT2D eigenvalue weighted by molar-refractivity contribution is 5.78. The summed E-state index contributed by atoms with van der Waals surface area (Å²) in [4.78, 5) is 4.70. The van der Waals surface area contributed by atoms with Crippen LogP contribution in [0.1, 0.15) is 47.5 Å². The molecule has 3 unspecified atom stereocenters. The van der Waals surface area contributed by atoms with Crippen molar-refractivity contribution in [1.82, 2.24) is 5.32 Å². The van der Waals surface area contributed by atoms with Gasteiger partial charge in [-0.15, -0.1) is 0 Å². The van der Waals surface area contributed by atoms with Crippen molar-refractivity contribution in [3.8, 4) is 0 Å². The van der Waals surface area contributed by atoms with Gasteiger partial charge in [0, 0.05) is 24.5 Å². The summed E-state index contributed by atoms with van der Waals surface area (Å²) in [7, 11) is 1.80. The van der Waals surface area contributed by atoms with Gasteiger partial charge in [-0.05, 0) is 26.7 Å². The summed E-state index contributed by atoms with van der Waals surface area (Å²) in [5, 5.41) is 3.17. The van der Waals surface area contributed by atoms with E-state index in [9.17, 15) is 0 Å². The fourth-order valence-corrected chi connectivity index (χ4v) is 3.51. The summed E-state index contributed by atoms with van der Waals surface area (Å²) >= 11 is 0. The van der Waals surface area contributed by atoms with Crippen LogP contribution in [0.25, 0.3) is 0 Å². The molecule has 0 spiro atoms. The predicted octanol–water partition coefficient (Wildman–Crippen LogP) is 2.14. The summed E-state index contributed by atoms with van der Waals surface area (Å²) in [5.41, 5.74) is 6.11. The lowest BCUT2D eigenvalue weighted by atomic mass is 9.53. The Kier molecular flexibility index (Phi) is 5.02. The quantitative estimate of drug-likeness (QED) is 0.584. The maximum absolute atomic E-state index is 5.96. The largest absolute Gasteiger partial charge is 0.380 e. The predicted molar refractivity (Wildman–Crippen MR) is 76.7 cm³/mol. The van der Waals surface area contributed by atoms with Gasteiger partial charge in [0.25, 0.3) is 0 Å². The maximum Gasteiger partial charge on any atom is 0.189 e. The molecule has 0 bridgehead atoms. The highest BCUT2D eigenvalue weighted by Gasteiger charge is 2.58. The van der Waals surface area contributed by atoms with Crippen LogP contribution in [-0.4, -0.2) is 31.3 Å². The normalized spacial score (nSPS) is 31.3. The second-order valence-electron chi connectivity index (χ2n) is 5.71. The highest BCUT2D eigenvalue weighted by atomic mass is 16.5. The minimum atomic E-state index is 0.150. The Labute approximate surface area is 111 Å². The molecule has 0 heterocycles. The lowest BCUT2D eigenvalue weighted by Gasteiger charge is -2.57. The van der Waals surface area contributed by atoms with Crippen molar-refractivity contribution in [3.63, 3.8) is 0 Å². The number of guanidine groups is 1. The molecule has 0 saturated heterocycles. The summed E-state index contributed by atoms with van der Waals surface area (Å²) in [5.74, 6) is 0.991. The molecule has 0 aliphatic heterocycles. The van der Waals surface area contributed by atoms with Crippen molar-refractivity contribution in [3.05, 3.63) is 0 Å². The minimum absolute atomic E-state index is 0.150. The zero-order valence-electron chi connectivity index (χ0n) is 12.7. The molecule has 0 aromatic carbocycles. The fourth-order valence-electron chi connectivity index (χ4n) is 3.51. The monoisotopic (exact) mass is 255 g/mol. The van der Waals surface area contributed by atoms with Gasteiger partial charge in [-0.2, -0.15) is 0 Å². The van der Waals surface area contributed by atoms with Crippen LogP contribution in [0.4, 0.5) is 0 Å². The molecule has 1 fully saturated rings. The highest BCUT2D eigenvalue weighted by Crippen LogP contribution is 2.53.